The Morgan fingerprint density at radius 1 is 1.44 bits per heavy atom. The zero-order chi connectivity index (χ0) is 13.1. The first kappa shape index (κ1) is 13.1. The highest BCUT2D eigenvalue weighted by atomic mass is 16.1. The summed E-state index contributed by atoms with van der Waals surface area (Å²) in [6.45, 7) is 5.95. The van der Waals surface area contributed by atoms with Gasteiger partial charge < -0.3 is 10.6 Å². The Balaban J connectivity index is 1.72. The van der Waals surface area contributed by atoms with E-state index in [9.17, 15) is 4.79 Å². The zero-order valence-corrected chi connectivity index (χ0v) is 11.4. The second-order valence-corrected chi connectivity index (χ2v) is 5.12. The fourth-order valence-electron chi connectivity index (χ4n) is 2.02. The van der Waals surface area contributed by atoms with Crippen LogP contribution in [0.25, 0.3) is 0 Å². The third kappa shape index (κ3) is 3.32. The second-order valence-electron chi connectivity index (χ2n) is 5.12. The molecule has 0 radical (unpaired) electrons. The first-order valence-electron chi connectivity index (χ1n) is 6.54. The second kappa shape index (κ2) is 5.52. The molecule has 2 N–H and O–H groups in total. The number of hydrogen-bond donors (Lipinski definition) is 2. The normalized spacial score (nSPS) is 14.8. The number of rotatable bonds is 6. The van der Waals surface area contributed by atoms with Crippen molar-refractivity contribution in [2.45, 2.75) is 33.2 Å². The van der Waals surface area contributed by atoms with Gasteiger partial charge in [-0.05, 0) is 32.6 Å². The Hall–Kier alpha value is -1.36. The number of amides is 1. The van der Waals surface area contributed by atoms with Gasteiger partial charge in [-0.2, -0.15) is 5.10 Å². The minimum Gasteiger partial charge on any atom is -0.355 e. The summed E-state index contributed by atoms with van der Waals surface area (Å²) < 4.78 is 1.87. The predicted molar refractivity (Wildman–Crippen MR) is 70.1 cm³/mol. The standard InChI is InChI=1S/C13H22N4O/c1-9-12(10(2)17(3)16-9)7-14-8-13(18)15-6-11-4-5-11/h11,14H,4-8H2,1-3H3,(H,15,18). The van der Waals surface area contributed by atoms with E-state index in [1.165, 1.54) is 18.4 Å². The summed E-state index contributed by atoms with van der Waals surface area (Å²) in [5, 5.41) is 10.5. The molecule has 1 aliphatic rings. The average molecular weight is 250 g/mol. The topological polar surface area (TPSA) is 59.0 Å². The number of carbonyl (C=O) groups excluding carboxylic acids is 1. The van der Waals surface area contributed by atoms with Crippen molar-refractivity contribution in [1.29, 1.82) is 0 Å². The minimum absolute atomic E-state index is 0.0843. The maximum absolute atomic E-state index is 11.5. The molecule has 0 aliphatic heterocycles. The first-order valence-corrected chi connectivity index (χ1v) is 6.54. The van der Waals surface area contributed by atoms with Crippen molar-refractivity contribution in [2.24, 2.45) is 13.0 Å². The summed E-state index contributed by atoms with van der Waals surface area (Å²) in [5.41, 5.74) is 3.37. The van der Waals surface area contributed by atoms with Crippen LogP contribution in [0, 0.1) is 19.8 Å². The van der Waals surface area contributed by atoms with Crippen molar-refractivity contribution < 1.29 is 4.79 Å². The third-order valence-electron chi connectivity index (χ3n) is 3.53. The van der Waals surface area contributed by atoms with E-state index < -0.39 is 0 Å². The van der Waals surface area contributed by atoms with Crippen LogP contribution < -0.4 is 10.6 Å². The van der Waals surface area contributed by atoms with Crippen molar-refractivity contribution in [3.63, 3.8) is 0 Å². The fraction of sp³-hybridized carbons (Fsp3) is 0.692. The largest absolute Gasteiger partial charge is 0.355 e. The molecule has 1 aromatic rings. The third-order valence-corrected chi connectivity index (χ3v) is 3.53. The molecule has 1 amide bonds. The van der Waals surface area contributed by atoms with Crippen molar-refractivity contribution in [3.8, 4) is 0 Å². The average Bonchev–Trinajstić information content (AvgIpc) is 3.11. The van der Waals surface area contributed by atoms with Gasteiger partial charge in [0.2, 0.25) is 5.91 Å². The monoisotopic (exact) mass is 250 g/mol. The van der Waals surface area contributed by atoms with Gasteiger partial charge in [0.25, 0.3) is 0 Å². The van der Waals surface area contributed by atoms with Crippen LogP contribution in [0.4, 0.5) is 0 Å². The smallest absolute Gasteiger partial charge is 0.233 e. The molecule has 0 aromatic carbocycles. The lowest BCUT2D eigenvalue weighted by atomic mass is 10.2. The van der Waals surface area contributed by atoms with Gasteiger partial charge >= 0.3 is 0 Å². The summed E-state index contributed by atoms with van der Waals surface area (Å²) in [7, 11) is 1.94. The van der Waals surface area contributed by atoms with E-state index in [1.807, 2.05) is 25.6 Å². The lowest BCUT2D eigenvalue weighted by molar-refractivity contribution is -0.120. The van der Waals surface area contributed by atoms with Crippen LogP contribution in [0.1, 0.15) is 29.8 Å². The Morgan fingerprint density at radius 2 is 2.17 bits per heavy atom. The Labute approximate surface area is 108 Å². The molecule has 1 fully saturated rings. The predicted octanol–water partition coefficient (Wildman–Crippen LogP) is 0.653. The molecule has 1 saturated carbocycles. The maximum atomic E-state index is 11.5. The molecular formula is C13H22N4O. The van der Waals surface area contributed by atoms with Crippen LogP contribution in [0.2, 0.25) is 0 Å². The number of aromatic nitrogens is 2. The van der Waals surface area contributed by atoms with Crippen LogP contribution in [-0.4, -0.2) is 28.8 Å². The molecule has 1 aromatic heterocycles. The van der Waals surface area contributed by atoms with Crippen molar-refractivity contribution in [3.05, 3.63) is 17.0 Å². The summed E-state index contributed by atoms with van der Waals surface area (Å²) in [6, 6.07) is 0. The zero-order valence-electron chi connectivity index (χ0n) is 11.4. The quantitative estimate of drug-likeness (QED) is 0.779. The van der Waals surface area contributed by atoms with Crippen LogP contribution in [0.3, 0.4) is 0 Å². The summed E-state index contributed by atoms with van der Waals surface area (Å²) in [4.78, 5) is 11.5. The van der Waals surface area contributed by atoms with Crippen LogP contribution in [0.5, 0.6) is 0 Å². The highest BCUT2D eigenvalue weighted by molar-refractivity contribution is 5.78. The molecule has 5 heteroatoms. The Kier molecular flexibility index (Phi) is 4.01. The van der Waals surface area contributed by atoms with E-state index in [2.05, 4.69) is 15.7 Å². The van der Waals surface area contributed by atoms with E-state index in [1.54, 1.807) is 0 Å². The molecule has 0 atom stereocenters. The van der Waals surface area contributed by atoms with Gasteiger partial charge in [0.15, 0.2) is 0 Å². The first-order chi connectivity index (χ1) is 8.58. The lowest BCUT2D eigenvalue weighted by Gasteiger charge is -2.06. The summed E-state index contributed by atoms with van der Waals surface area (Å²) in [5.74, 6) is 0.817. The van der Waals surface area contributed by atoms with Crippen molar-refractivity contribution in [2.75, 3.05) is 13.1 Å². The Bertz CT molecular complexity index is 434. The molecule has 0 bridgehead atoms. The highest BCUT2D eigenvalue weighted by Gasteiger charge is 2.21. The molecule has 1 aliphatic carbocycles. The van der Waals surface area contributed by atoms with Crippen LogP contribution >= 0.6 is 0 Å². The fourth-order valence-corrected chi connectivity index (χ4v) is 2.02. The molecule has 18 heavy (non-hydrogen) atoms. The van der Waals surface area contributed by atoms with Crippen LogP contribution in [0.15, 0.2) is 0 Å². The van der Waals surface area contributed by atoms with Gasteiger partial charge in [0.1, 0.15) is 0 Å². The molecule has 0 spiro atoms. The summed E-state index contributed by atoms with van der Waals surface area (Å²) in [6.07, 6.45) is 2.53. The number of aryl methyl sites for hydroxylation is 2. The van der Waals surface area contributed by atoms with E-state index >= 15 is 0 Å². The highest BCUT2D eigenvalue weighted by Crippen LogP contribution is 2.27. The number of hydrogen-bond acceptors (Lipinski definition) is 3. The molecule has 100 valence electrons. The minimum atomic E-state index is 0.0843. The summed E-state index contributed by atoms with van der Waals surface area (Å²) >= 11 is 0. The van der Waals surface area contributed by atoms with E-state index in [4.69, 9.17) is 0 Å². The molecule has 1 heterocycles. The Morgan fingerprint density at radius 3 is 2.72 bits per heavy atom. The van der Waals surface area contributed by atoms with E-state index in [0.717, 1.165) is 23.9 Å². The van der Waals surface area contributed by atoms with Crippen molar-refractivity contribution >= 4 is 5.91 Å². The van der Waals surface area contributed by atoms with Crippen LogP contribution in [-0.2, 0) is 18.4 Å². The molecule has 0 saturated heterocycles. The van der Waals surface area contributed by atoms with Gasteiger partial charge in [0.05, 0.1) is 12.2 Å². The molecule has 0 unspecified atom stereocenters. The van der Waals surface area contributed by atoms with Gasteiger partial charge in [0, 0.05) is 31.4 Å². The molecule has 2 rings (SSSR count). The van der Waals surface area contributed by atoms with Crippen molar-refractivity contribution in [1.82, 2.24) is 20.4 Å². The molecular weight excluding hydrogens is 228 g/mol. The maximum Gasteiger partial charge on any atom is 0.233 e. The lowest BCUT2D eigenvalue weighted by Crippen LogP contribution is -2.34. The molecule has 5 nitrogen and oxygen atoms in total. The van der Waals surface area contributed by atoms with Gasteiger partial charge in [-0.25, -0.2) is 0 Å². The van der Waals surface area contributed by atoms with Gasteiger partial charge in [-0.1, -0.05) is 0 Å². The number of nitrogens with one attached hydrogen (secondary N) is 2. The van der Waals surface area contributed by atoms with E-state index in [0.29, 0.717) is 13.1 Å². The van der Waals surface area contributed by atoms with Gasteiger partial charge in [-0.15, -0.1) is 0 Å². The van der Waals surface area contributed by atoms with E-state index in [-0.39, 0.29) is 5.91 Å². The van der Waals surface area contributed by atoms with Gasteiger partial charge in [-0.3, -0.25) is 9.48 Å². The number of carbonyl (C=O) groups is 1. The SMILES string of the molecule is Cc1nn(C)c(C)c1CNCC(=O)NCC1CC1. The number of nitrogens with zero attached hydrogens (tertiary/aromatic N) is 2.